The molecule has 1 aromatic rings. The van der Waals surface area contributed by atoms with Gasteiger partial charge in [0, 0.05) is 25.9 Å². The predicted molar refractivity (Wildman–Crippen MR) is 93.4 cm³/mol. The highest BCUT2D eigenvalue weighted by Gasteiger charge is 2.18. The van der Waals surface area contributed by atoms with Crippen molar-refractivity contribution in [1.82, 2.24) is 9.80 Å². The fourth-order valence-corrected chi connectivity index (χ4v) is 1.75. The lowest BCUT2D eigenvalue weighted by Crippen LogP contribution is -2.23. The largest absolute Gasteiger partial charge is 0.465 e. The lowest BCUT2D eigenvalue weighted by molar-refractivity contribution is -0.121. The van der Waals surface area contributed by atoms with Crippen LogP contribution in [0.3, 0.4) is 0 Å². The summed E-state index contributed by atoms with van der Waals surface area (Å²) in [4.78, 5) is 28.4. The van der Waals surface area contributed by atoms with E-state index in [0.29, 0.717) is 31.7 Å². The number of carbonyl (C=O) groups is 2. The third-order valence-electron chi connectivity index (χ3n) is 3.00. The molecule has 0 radical (unpaired) electrons. The number of carbonyl (C=O) groups excluding carboxylic acids is 2. The normalized spacial score (nSPS) is 10.5. The quantitative estimate of drug-likeness (QED) is 0.378. The number of rotatable bonds is 9. The molecule has 1 aromatic heterocycles. The first-order valence-corrected chi connectivity index (χ1v) is 7.01. The Balaban J connectivity index is 0.00000441. The number of allylic oxidation sites excluding steroid dienone is 1. The third-order valence-corrected chi connectivity index (χ3v) is 3.00. The van der Waals surface area contributed by atoms with Gasteiger partial charge in [0.15, 0.2) is 11.6 Å². The van der Waals surface area contributed by atoms with Gasteiger partial charge in [0.1, 0.15) is 5.76 Å². The summed E-state index contributed by atoms with van der Waals surface area (Å²) in [5.41, 5.74) is 0.230. The molecule has 0 aromatic carbocycles. The summed E-state index contributed by atoms with van der Waals surface area (Å²) in [6.07, 6.45) is 3.73. The average molecular weight is 373 g/mol. The van der Waals surface area contributed by atoms with Crippen LogP contribution in [0.1, 0.15) is 18.6 Å². The highest BCUT2D eigenvalue weighted by atomic mass is 79.9. The summed E-state index contributed by atoms with van der Waals surface area (Å²) >= 11 is 0. The van der Waals surface area contributed by atoms with E-state index in [-0.39, 0.29) is 34.1 Å². The zero-order valence-electron chi connectivity index (χ0n) is 13.7. The molecule has 0 amide bonds. The molecule has 5 nitrogen and oxygen atoms in total. The maximum atomic E-state index is 12.3. The molecular formula is C16H25BrN2O3. The zero-order chi connectivity index (χ0) is 15.8. The maximum absolute atomic E-state index is 12.3. The lowest BCUT2D eigenvalue weighted by atomic mass is 10.0. The van der Waals surface area contributed by atoms with Crippen LogP contribution in [0.15, 0.2) is 28.4 Å². The molecule has 124 valence electrons. The van der Waals surface area contributed by atoms with Crippen LogP contribution in [0.2, 0.25) is 0 Å². The van der Waals surface area contributed by atoms with Gasteiger partial charge in [0.2, 0.25) is 0 Å². The van der Waals surface area contributed by atoms with E-state index in [1.54, 1.807) is 18.2 Å². The fraction of sp³-hybridized carbons (Fsp3) is 0.500. The molecule has 1 heterocycles. The standard InChI is InChI=1S/C16H24N2O3.BrH/c1-17(2)9-7-15(19)14(12-13-6-5-11-21-13)16(20)8-10-18(3)4;/h5-6,11-12H,7-10H2,1-4H3;1H. The van der Waals surface area contributed by atoms with Crippen molar-refractivity contribution < 1.29 is 14.0 Å². The van der Waals surface area contributed by atoms with E-state index in [0.717, 1.165) is 0 Å². The summed E-state index contributed by atoms with van der Waals surface area (Å²) in [5.74, 6) is 0.258. The molecule has 0 bridgehead atoms. The van der Waals surface area contributed by atoms with E-state index in [2.05, 4.69) is 0 Å². The van der Waals surface area contributed by atoms with Crippen LogP contribution in [0.4, 0.5) is 0 Å². The fourth-order valence-electron chi connectivity index (χ4n) is 1.75. The van der Waals surface area contributed by atoms with Crippen LogP contribution < -0.4 is 0 Å². The molecule has 22 heavy (non-hydrogen) atoms. The van der Waals surface area contributed by atoms with Crippen molar-refractivity contribution in [3.05, 3.63) is 29.7 Å². The van der Waals surface area contributed by atoms with Crippen LogP contribution in [0.25, 0.3) is 6.08 Å². The summed E-state index contributed by atoms with van der Waals surface area (Å²) in [7, 11) is 7.60. The smallest absolute Gasteiger partial charge is 0.167 e. The molecule has 0 fully saturated rings. The second-order valence-corrected chi connectivity index (χ2v) is 5.53. The summed E-state index contributed by atoms with van der Waals surface area (Å²) in [5, 5.41) is 0. The first-order chi connectivity index (χ1) is 9.90. The summed E-state index contributed by atoms with van der Waals surface area (Å²) in [6, 6.07) is 3.47. The van der Waals surface area contributed by atoms with E-state index in [1.165, 1.54) is 6.26 Å². The molecule has 0 aliphatic heterocycles. The molecule has 0 aliphatic rings. The minimum absolute atomic E-state index is 0. The number of halogens is 1. The average Bonchev–Trinajstić information content (AvgIpc) is 2.92. The molecule has 0 aliphatic carbocycles. The van der Waals surface area contributed by atoms with Crippen molar-refractivity contribution >= 4 is 34.6 Å². The number of nitrogens with zero attached hydrogens (tertiary/aromatic N) is 2. The van der Waals surface area contributed by atoms with Crippen LogP contribution in [0, 0.1) is 0 Å². The molecular weight excluding hydrogens is 348 g/mol. The third kappa shape index (κ3) is 7.68. The first-order valence-electron chi connectivity index (χ1n) is 7.01. The van der Waals surface area contributed by atoms with Gasteiger partial charge in [-0.2, -0.15) is 0 Å². The van der Waals surface area contributed by atoms with Gasteiger partial charge < -0.3 is 14.2 Å². The Morgan fingerprint density at radius 3 is 1.91 bits per heavy atom. The van der Waals surface area contributed by atoms with E-state index in [9.17, 15) is 9.59 Å². The monoisotopic (exact) mass is 372 g/mol. The molecule has 0 N–H and O–H groups in total. The van der Waals surface area contributed by atoms with Gasteiger partial charge in [0.25, 0.3) is 0 Å². The summed E-state index contributed by atoms with van der Waals surface area (Å²) in [6.45, 7) is 1.24. The van der Waals surface area contributed by atoms with E-state index in [1.807, 2.05) is 38.0 Å². The maximum Gasteiger partial charge on any atom is 0.167 e. The molecule has 1 rings (SSSR count). The Morgan fingerprint density at radius 2 is 1.55 bits per heavy atom. The Morgan fingerprint density at radius 1 is 1.05 bits per heavy atom. The predicted octanol–water partition coefficient (Wildman–Crippen LogP) is 2.28. The van der Waals surface area contributed by atoms with Crippen LogP contribution >= 0.6 is 17.0 Å². The minimum atomic E-state index is -0.135. The molecule has 6 heteroatoms. The molecule has 0 saturated carbocycles. The van der Waals surface area contributed by atoms with Crippen LogP contribution in [0.5, 0.6) is 0 Å². The Hall–Kier alpha value is -1.24. The first kappa shape index (κ1) is 20.8. The van der Waals surface area contributed by atoms with Crippen molar-refractivity contribution in [2.45, 2.75) is 12.8 Å². The van der Waals surface area contributed by atoms with Gasteiger partial charge in [-0.1, -0.05) is 0 Å². The Bertz CT molecular complexity index is 467. The highest BCUT2D eigenvalue weighted by Crippen LogP contribution is 2.13. The number of Topliss-reactive ketones (excluding diaryl/α,β-unsaturated/α-hetero) is 2. The summed E-state index contributed by atoms with van der Waals surface area (Å²) < 4.78 is 5.21. The van der Waals surface area contributed by atoms with Crippen LogP contribution in [-0.2, 0) is 9.59 Å². The lowest BCUT2D eigenvalue weighted by Gasteiger charge is -2.12. The zero-order valence-corrected chi connectivity index (χ0v) is 15.4. The van der Waals surface area contributed by atoms with Crippen molar-refractivity contribution in [3.63, 3.8) is 0 Å². The van der Waals surface area contributed by atoms with Gasteiger partial charge in [-0.15, -0.1) is 17.0 Å². The van der Waals surface area contributed by atoms with E-state index >= 15 is 0 Å². The number of ketones is 2. The number of hydrogen-bond acceptors (Lipinski definition) is 5. The molecule has 0 unspecified atom stereocenters. The van der Waals surface area contributed by atoms with Gasteiger partial charge >= 0.3 is 0 Å². The highest BCUT2D eigenvalue weighted by molar-refractivity contribution is 8.93. The van der Waals surface area contributed by atoms with Gasteiger partial charge in [-0.3, -0.25) is 9.59 Å². The van der Waals surface area contributed by atoms with Gasteiger partial charge in [0.05, 0.1) is 11.8 Å². The Kier molecular flexibility index (Phi) is 9.89. The van der Waals surface area contributed by atoms with E-state index in [4.69, 9.17) is 4.42 Å². The Labute approximate surface area is 142 Å². The number of furan rings is 1. The second kappa shape index (κ2) is 10.5. The molecule has 0 atom stereocenters. The SMILES string of the molecule is Br.CN(C)CCC(=O)C(=Cc1ccco1)C(=O)CCN(C)C. The van der Waals surface area contributed by atoms with Gasteiger partial charge in [-0.25, -0.2) is 0 Å². The molecule has 0 spiro atoms. The molecule has 0 saturated heterocycles. The number of hydrogen-bond donors (Lipinski definition) is 0. The minimum Gasteiger partial charge on any atom is -0.465 e. The van der Waals surface area contributed by atoms with Crippen molar-refractivity contribution in [2.24, 2.45) is 0 Å². The van der Waals surface area contributed by atoms with Crippen LogP contribution in [-0.4, -0.2) is 62.6 Å². The van der Waals surface area contributed by atoms with Crippen molar-refractivity contribution in [1.29, 1.82) is 0 Å². The topological polar surface area (TPSA) is 53.8 Å². The second-order valence-electron chi connectivity index (χ2n) is 5.53. The van der Waals surface area contributed by atoms with E-state index < -0.39 is 0 Å². The van der Waals surface area contributed by atoms with Gasteiger partial charge in [-0.05, 0) is 46.4 Å². The van der Waals surface area contributed by atoms with Crippen molar-refractivity contribution in [3.8, 4) is 0 Å². The van der Waals surface area contributed by atoms with Crippen molar-refractivity contribution in [2.75, 3.05) is 41.3 Å².